The summed E-state index contributed by atoms with van der Waals surface area (Å²) in [5.41, 5.74) is 0. The van der Waals surface area contributed by atoms with Crippen molar-refractivity contribution in [1.82, 2.24) is 5.32 Å². The third-order valence-corrected chi connectivity index (χ3v) is 5.04. The first-order valence-corrected chi connectivity index (χ1v) is 8.03. The van der Waals surface area contributed by atoms with Crippen molar-refractivity contribution < 1.29 is 0 Å². The lowest BCUT2D eigenvalue weighted by molar-refractivity contribution is 0.148. The molecule has 100 valence electrons. The first kappa shape index (κ1) is 13.4. The summed E-state index contributed by atoms with van der Waals surface area (Å²) in [5, 5.41) is 3.75. The van der Waals surface area contributed by atoms with Crippen molar-refractivity contribution in [3.8, 4) is 0 Å². The lowest BCUT2D eigenvalue weighted by Gasteiger charge is -2.38. The van der Waals surface area contributed by atoms with Gasteiger partial charge in [0.2, 0.25) is 0 Å². The first-order valence-electron chi connectivity index (χ1n) is 8.03. The molecular formula is C16H31N. The third-order valence-electron chi connectivity index (χ3n) is 5.04. The van der Waals surface area contributed by atoms with Gasteiger partial charge in [-0.2, -0.15) is 0 Å². The van der Waals surface area contributed by atoms with Gasteiger partial charge in [-0.1, -0.05) is 46.0 Å². The summed E-state index contributed by atoms with van der Waals surface area (Å²) in [6.07, 6.45) is 13.2. The Bertz CT molecular complexity index is 214. The number of hydrogen-bond donors (Lipinski definition) is 1. The van der Waals surface area contributed by atoms with E-state index in [1.165, 1.54) is 64.3 Å². The standard InChI is InChI=1S/C16H31N/c1-3-10-17-16-9-5-8-15(12-16)14-7-4-6-13(2)11-14/h13-17H,3-12H2,1-2H3. The van der Waals surface area contributed by atoms with Gasteiger partial charge in [-0.05, 0) is 50.0 Å². The molecule has 1 heteroatoms. The lowest BCUT2D eigenvalue weighted by atomic mass is 9.70. The summed E-state index contributed by atoms with van der Waals surface area (Å²) in [6, 6.07) is 0.839. The zero-order chi connectivity index (χ0) is 12.1. The van der Waals surface area contributed by atoms with Gasteiger partial charge >= 0.3 is 0 Å². The minimum atomic E-state index is 0.839. The number of nitrogens with one attached hydrogen (secondary N) is 1. The second-order valence-electron chi connectivity index (χ2n) is 6.61. The average molecular weight is 237 g/mol. The Morgan fingerprint density at radius 3 is 2.35 bits per heavy atom. The van der Waals surface area contributed by atoms with Gasteiger partial charge in [0.1, 0.15) is 0 Å². The summed E-state index contributed by atoms with van der Waals surface area (Å²) in [7, 11) is 0. The van der Waals surface area contributed by atoms with Crippen LogP contribution in [0.5, 0.6) is 0 Å². The molecule has 0 aliphatic heterocycles. The van der Waals surface area contributed by atoms with E-state index >= 15 is 0 Å². The molecule has 0 spiro atoms. The molecule has 0 aromatic rings. The minimum Gasteiger partial charge on any atom is -0.314 e. The molecule has 2 saturated carbocycles. The largest absolute Gasteiger partial charge is 0.314 e. The second kappa shape index (κ2) is 6.78. The Kier molecular flexibility index (Phi) is 5.34. The highest BCUT2D eigenvalue weighted by Gasteiger charge is 2.30. The van der Waals surface area contributed by atoms with Gasteiger partial charge in [0.25, 0.3) is 0 Å². The maximum Gasteiger partial charge on any atom is 0.00698 e. The minimum absolute atomic E-state index is 0.839. The Hall–Kier alpha value is -0.0400. The van der Waals surface area contributed by atoms with Crippen LogP contribution in [0, 0.1) is 17.8 Å². The van der Waals surface area contributed by atoms with Crippen LogP contribution in [0.25, 0.3) is 0 Å². The predicted molar refractivity (Wildman–Crippen MR) is 75.2 cm³/mol. The van der Waals surface area contributed by atoms with Crippen LogP contribution in [-0.2, 0) is 0 Å². The number of rotatable bonds is 4. The Labute approximate surface area is 108 Å². The topological polar surface area (TPSA) is 12.0 Å². The van der Waals surface area contributed by atoms with E-state index in [-0.39, 0.29) is 0 Å². The van der Waals surface area contributed by atoms with Crippen molar-refractivity contribution >= 4 is 0 Å². The average Bonchev–Trinajstić information content (AvgIpc) is 2.37. The molecule has 2 rings (SSSR count). The molecule has 2 aliphatic rings. The molecular weight excluding hydrogens is 206 g/mol. The summed E-state index contributed by atoms with van der Waals surface area (Å²) < 4.78 is 0. The van der Waals surface area contributed by atoms with Crippen LogP contribution in [-0.4, -0.2) is 12.6 Å². The van der Waals surface area contributed by atoms with Crippen LogP contribution in [0.1, 0.15) is 71.6 Å². The molecule has 4 atom stereocenters. The van der Waals surface area contributed by atoms with Crippen LogP contribution in [0.2, 0.25) is 0 Å². The molecule has 2 fully saturated rings. The molecule has 0 saturated heterocycles. The van der Waals surface area contributed by atoms with Crippen molar-refractivity contribution in [3.05, 3.63) is 0 Å². The molecule has 0 radical (unpaired) electrons. The highest BCUT2D eigenvalue weighted by molar-refractivity contribution is 4.84. The Balaban J connectivity index is 1.79. The van der Waals surface area contributed by atoms with E-state index in [0.717, 1.165) is 23.8 Å². The van der Waals surface area contributed by atoms with Crippen LogP contribution < -0.4 is 5.32 Å². The van der Waals surface area contributed by atoms with Crippen molar-refractivity contribution in [3.63, 3.8) is 0 Å². The quantitative estimate of drug-likeness (QED) is 0.765. The zero-order valence-electron chi connectivity index (χ0n) is 11.9. The Morgan fingerprint density at radius 1 is 0.941 bits per heavy atom. The van der Waals surface area contributed by atoms with Gasteiger partial charge in [-0.15, -0.1) is 0 Å². The van der Waals surface area contributed by atoms with E-state index in [4.69, 9.17) is 0 Å². The van der Waals surface area contributed by atoms with Crippen molar-refractivity contribution in [2.24, 2.45) is 17.8 Å². The maximum absolute atomic E-state index is 3.75. The third kappa shape index (κ3) is 3.98. The van der Waals surface area contributed by atoms with Crippen LogP contribution in [0.3, 0.4) is 0 Å². The summed E-state index contributed by atoms with van der Waals surface area (Å²) >= 11 is 0. The molecule has 1 N–H and O–H groups in total. The van der Waals surface area contributed by atoms with Gasteiger partial charge < -0.3 is 5.32 Å². The summed E-state index contributed by atoms with van der Waals surface area (Å²) in [4.78, 5) is 0. The van der Waals surface area contributed by atoms with Crippen molar-refractivity contribution in [2.45, 2.75) is 77.7 Å². The summed E-state index contributed by atoms with van der Waals surface area (Å²) in [6.45, 7) is 5.95. The zero-order valence-corrected chi connectivity index (χ0v) is 11.9. The van der Waals surface area contributed by atoms with Gasteiger partial charge in [0.15, 0.2) is 0 Å². The fourth-order valence-electron chi connectivity index (χ4n) is 4.10. The van der Waals surface area contributed by atoms with Gasteiger partial charge in [0.05, 0.1) is 0 Å². The molecule has 0 heterocycles. The maximum atomic E-state index is 3.75. The molecule has 0 bridgehead atoms. The molecule has 2 aliphatic carbocycles. The molecule has 1 nitrogen and oxygen atoms in total. The molecule has 0 aromatic carbocycles. The first-order chi connectivity index (χ1) is 8.29. The fraction of sp³-hybridized carbons (Fsp3) is 1.00. The molecule has 17 heavy (non-hydrogen) atoms. The second-order valence-corrected chi connectivity index (χ2v) is 6.61. The highest BCUT2D eigenvalue weighted by atomic mass is 14.9. The van der Waals surface area contributed by atoms with Crippen LogP contribution in [0.15, 0.2) is 0 Å². The van der Waals surface area contributed by atoms with Crippen molar-refractivity contribution in [1.29, 1.82) is 0 Å². The van der Waals surface area contributed by atoms with Gasteiger partial charge in [0, 0.05) is 6.04 Å². The lowest BCUT2D eigenvalue weighted by Crippen LogP contribution is -2.37. The Morgan fingerprint density at radius 2 is 1.65 bits per heavy atom. The van der Waals surface area contributed by atoms with E-state index in [1.807, 2.05) is 0 Å². The van der Waals surface area contributed by atoms with Crippen LogP contribution in [0.4, 0.5) is 0 Å². The van der Waals surface area contributed by atoms with Gasteiger partial charge in [-0.3, -0.25) is 0 Å². The van der Waals surface area contributed by atoms with Gasteiger partial charge in [-0.25, -0.2) is 0 Å². The van der Waals surface area contributed by atoms with E-state index in [9.17, 15) is 0 Å². The van der Waals surface area contributed by atoms with E-state index in [0.29, 0.717) is 0 Å². The molecule has 4 unspecified atom stereocenters. The van der Waals surface area contributed by atoms with E-state index < -0.39 is 0 Å². The van der Waals surface area contributed by atoms with Crippen molar-refractivity contribution in [2.75, 3.05) is 6.54 Å². The normalized spacial score (nSPS) is 39.2. The van der Waals surface area contributed by atoms with E-state index in [2.05, 4.69) is 19.2 Å². The SMILES string of the molecule is CCCNC1CCCC(C2CCCC(C)C2)C1. The molecule has 0 amide bonds. The van der Waals surface area contributed by atoms with Crippen LogP contribution >= 0.6 is 0 Å². The summed E-state index contributed by atoms with van der Waals surface area (Å²) in [5.74, 6) is 3.10. The highest BCUT2D eigenvalue weighted by Crippen LogP contribution is 2.40. The number of hydrogen-bond acceptors (Lipinski definition) is 1. The van der Waals surface area contributed by atoms with E-state index in [1.54, 1.807) is 0 Å². The predicted octanol–water partition coefficient (Wildman–Crippen LogP) is 4.37. The smallest absolute Gasteiger partial charge is 0.00698 e. The molecule has 0 aromatic heterocycles. The monoisotopic (exact) mass is 237 g/mol. The fourth-order valence-corrected chi connectivity index (χ4v) is 4.10.